The van der Waals surface area contributed by atoms with Crippen LogP contribution in [0.1, 0.15) is 96.3 Å². The molecule has 2 rings (SSSR count). The molecule has 2 saturated carbocycles. The van der Waals surface area contributed by atoms with E-state index in [0.717, 1.165) is 25.2 Å². The molecule has 0 aliphatic heterocycles. The van der Waals surface area contributed by atoms with Crippen molar-refractivity contribution in [2.45, 2.75) is 102 Å². The predicted molar refractivity (Wildman–Crippen MR) is 100 cm³/mol. The lowest BCUT2D eigenvalue weighted by Gasteiger charge is -2.33. The Bertz CT molecular complexity index is 396. The quantitative estimate of drug-likeness (QED) is 0.616. The summed E-state index contributed by atoms with van der Waals surface area (Å²) < 4.78 is 4.79. The van der Waals surface area contributed by atoms with E-state index in [9.17, 15) is 9.59 Å². The molecular weight excluding hydrogens is 314 g/mol. The summed E-state index contributed by atoms with van der Waals surface area (Å²) in [6, 6.07) is 0.323. The van der Waals surface area contributed by atoms with Crippen molar-refractivity contribution in [2.75, 3.05) is 13.7 Å². The van der Waals surface area contributed by atoms with Crippen molar-refractivity contribution in [3.05, 3.63) is 0 Å². The minimum Gasteiger partial charge on any atom is -0.469 e. The number of hydrogen-bond donors (Lipinski definition) is 0. The third-order valence-electron chi connectivity index (χ3n) is 6.11. The van der Waals surface area contributed by atoms with Crippen LogP contribution in [-0.2, 0) is 14.3 Å². The number of esters is 1. The van der Waals surface area contributed by atoms with Gasteiger partial charge in [-0.1, -0.05) is 64.2 Å². The Labute approximate surface area is 153 Å². The van der Waals surface area contributed by atoms with E-state index >= 15 is 0 Å². The standard InChI is InChI=1S/C21H37NO3/c1-25-21(24)16-17-22(19-12-8-3-2-4-9-13-19)20(23)15-14-18-10-6-5-7-11-18/h18-19H,2-17H2,1H3. The minimum absolute atomic E-state index is 0.212. The Morgan fingerprint density at radius 3 is 2.04 bits per heavy atom. The lowest BCUT2D eigenvalue weighted by molar-refractivity contribution is -0.142. The van der Waals surface area contributed by atoms with Gasteiger partial charge in [-0.3, -0.25) is 9.59 Å². The van der Waals surface area contributed by atoms with Gasteiger partial charge in [-0.2, -0.15) is 0 Å². The molecule has 0 aromatic carbocycles. The molecule has 0 saturated heterocycles. The van der Waals surface area contributed by atoms with Gasteiger partial charge < -0.3 is 9.64 Å². The first-order valence-electron chi connectivity index (χ1n) is 10.6. The van der Waals surface area contributed by atoms with Gasteiger partial charge in [0.25, 0.3) is 0 Å². The average Bonchev–Trinajstić information content (AvgIpc) is 2.61. The summed E-state index contributed by atoms with van der Waals surface area (Å²) in [5, 5.41) is 0. The van der Waals surface area contributed by atoms with Gasteiger partial charge in [0.05, 0.1) is 13.5 Å². The van der Waals surface area contributed by atoms with Gasteiger partial charge in [0, 0.05) is 19.0 Å². The molecule has 2 fully saturated rings. The van der Waals surface area contributed by atoms with Gasteiger partial charge in [0.2, 0.25) is 5.91 Å². The molecule has 25 heavy (non-hydrogen) atoms. The molecule has 0 spiro atoms. The third-order valence-corrected chi connectivity index (χ3v) is 6.11. The summed E-state index contributed by atoms with van der Waals surface area (Å²) in [6.07, 6.45) is 17.1. The van der Waals surface area contributed by atoms with Crippen LogP contribution in [0.15, 0.2) is 0 Å². The van der Waals surface area contributed by atoms with Gasteiger partial charge in [-0.15, -0.1) is 0 Å². The Hall–Kier alpha value is -1.06. The normalized spacial score (nSPS) is 20.5. The summed E-state index contributed by atoms with van der Waals surface area (Å²) in [7, 11) is 1.42. The monoisotopic (exact) mass is 351 g/mol. The summed E-state index contributed by atoms with van der Waals surface area (Å²) in [5.41, 5.74) is 0. The van der Waals surface area contributed by atoms with Crippen LogP contribution in [0.2, 0.25) is 0 Å². The zero-order valence-electron chi connectivity index (χ0n) is 16.1. The first-order valence-corrected chi connectivity index (χ1v) is 10.6. The molecule has 0 atom stereocenters. The second kappa shape index (κ2) is 11.5. The van der Waals surface area contributed by atoms with Gasteiger partial charge in [0.15, 0.2) is 0 Å². The van der Waals surface area contributed by atoms with Crippen molar-refractivity contribution in [1.29, 1.82) is 0 Å². The Kier molecular flexibility index (Phi) is 9.35. The molecule has 0 radical (unpaired) electrons. The highest BCUT2D eigenvalue weighted by Crippen LogP contribution is 2.28. The molecule has 0 aromatic rings. The van der Waals surface area contributed by atoms with E-state index in [1.54, 1.807) is 0 Å². The van der Waals surface area contributed by atoms with Crippen LogP contribution in [0.25, 0.3) is 0 Å². The first-order chi connectivity index (χ1) is 12.2. The molecule has 0 heterocycles. The fourth-order valence-electron chi connectivity index (χ4n) is 4.52. The fourth-order valence-corrected chi connectivity index (χ4v) is 4.52. The first kappa shape index (κ1) is 20.3. The molecule has 0 bridgehead atoms. The highest BCUT2D eigenvalue weighted by molar-refractivity contribution is 5.77. The van der Waals surface area contributed by atoms with Crippen LogP contribution in [0.4, 0.5) is 0 Å². The maximum absolute atomic E-state index is 13.0. The summed E-state index contributed by atoms with van der Waals surface area (Å²) in [4.78, 5) is 26.6. The molecule has 0 aromatic heterocycles. The van der Waals surface area contributed by atoms with Crippen LogP contribution in [0, 0.1) is 5.92 Å². The van der Waals surface area contributed by atoms with E-state index in [4.69, 9.17) is 4.74 Å². The maximum atomic E-state index is 13.0. The van der Waals surface area contributed by atoms with Crippen molar-refractivity contribution in [3.63, 3.8) is 0 Å². The molecule has 2 aliphatic rings. The van der Waals surface area contributed by atoms with Crippen LogP contribution in [0.3, 0.4) is 0 Å². The number of rotatable bonds is 7. The van der Waals surface area contributed by atoms with Crippen molar-refractivity contribution in [1.82, 2.24) is 4.90 Å². The number of nitrogens with zero attached hydrogens (tertiary/aromatic N) is 1. The number of hydrogen-bond acceptors (Lipinski definition) is 3. The molecule has 0 N–H and O–H groups in total. The zero-order valence-corrected chi connectivity index (χ0v) is 16.1. The smallest absolute Gasteiger partial charge is 0.307 e. The Balaban J connectivity index is 1.90. The van der Waals surface area contributed by atoms with Crippen LogP contribution in [-0.4, -0.2) is 36.5 Å². The number of carbonyl (C=O) groups excluding carboxylic acids is 2. The van der Waals surface area contributed by atoms with E-state index < -0.39 is 0 Å². The van der Waals surface area contributed by atoms with Gasteiger partial charge in [-0.25, -0.2) is 0 Å². The number of amides is 1. The van der Waals surface area contributed by atoms with E-state index in [1.165, 1.54) is 71.3 Å². The highest BCUT2D eigenvalue weighted by atomic mass is 16.5. The number of carbonyl (C=O) groups is 2. The highest BCUT2D eigenvalue weighted by Gasteiger charge is 2.25. The van der Waals surface area contributed by atoms with Crippen molar-refractivity contribution < 1.29 is 14.3 Å². The maximum Gasteiger partial charge on any atom is 0.307 e. The molecule has 0 unspecified atom stereocenters. The second-order valence-electron chi connectivity index (χ2n) is 7.95. The summed E-state index contributed by atoms with van der Waals surface area (Å²) in [6.45, 7) is 0.529. The van der Waals surface area contributed by atoms with E-state index in [1.807, 2.05) is 4.90 Å². The molecule has 1 amide bonds. The van der Waals surface area contributed by atoms with Crippen molar-refractivity contribution in [2.24, 2.45) is 5.92 Å². The molecular formula is C21H37NO3. The summed E-state index contributed by atoms with van der Waals surface area (Å²) in [5.74, 6) is 0.786. The van der Waals surface area contributed by atoms with Gasteiger partial charge in [-0.05, 0) is 25.2 Å². The van der Waals surface area contributed by atoms with Crippen LogP contribution in [0.5, 0.6) is 0 Å². The van der Waals surface area contributed by atoms with Crippen molar-refractivity contribution >= 4 is 11.9 Å². The zero-order chi connectivity index (χ0) is 17.9. The lowest BCUT2D eigenvalue weighted by Crippen LogP contribution is -2.42. The van der Waals surface area contributed by atoms with E-state index in [2.05, 4.69) is 0 Å². The van der Waals surface area contributed by atoms with E-state index in [0.29, 0.717) is 25.4 Å². The topological polar surface area (TPSA) is 46.6 Å². The Morgan fingerprint density at radius 1 is 0.840 bits per heavy atom. The summed E-state index contributed by atoms with van der Waals surface area (Å²) >= 11 is 0. The van der Waals surface area contributed by atoms with E-state index in [-0.39, 0.29) is 11.9 Å². The average molecular weight is 352 g/mol. The minimum atomic E-state index is -0.212. The largest absolute Gasteiger partial charge is 0.469 e. The molecule has 4 nitrogen and oxygen atoms in total. The molecule has 2 aliphatic carbocycles. The number of ether oxygens (including phenoxy) is 1. The Morgan fingerprint density at radius 2 is 1.40 bits per heavy atom. The van der Waals surface area contributed by atoms with Crippen LogP contribution < -0.4 is 0 Å². The van der Waals surface area contributed by atoms with Gasteiger partial charge >= 0.3 is 5.97 Å². The number of methoxy groups -OCH3 is 1. The van der Waals surface area contributed by atoms with Crippen molar-refractivity contribution in [3.8, 4) is 0 Å². The molecule has 144 valence electrons. The third kappa shape index (κ3) is 7.37. The van der Waals surface area contributed by atoms with Crippen LogP contribution >= 0.6 is 0 Å². The molecule has 4 heteroatoms. The predicted octanol–water partition coefficient (Wildman–Crippen LogP) is 4.85. The fraction of sp³-hybridized carbons (Fsp3) is 0.905. The SMILES string of the molecule is COC(=O)CCN(C(=O)CCC1CCCCC1)C1CCCCCCC1. The lowest BCUT2D eigenvalue weighted by atomic mass is 9.86. The second-order valence-corrected chi connectivity index (χ2v) is 7.95. The van der Waals surface area contributed by atoms with Gasteiger partial charge in [0.1, 0.15) is 0 Å².